The molecule has 0 aliphatic carbocycles. The molecule has 3 rings (SSSR count). The van der Waals surface area contributed by atoms with Crippen LogP contribution in [0.4, 0.5) is 5.69 Å². The van der Waals surface area contributed by atoms with Gasteiger partial charge in [0.15, 0.2) is 6.61 Å². The number of nitrogens with zero attached hydrogens (tertiary/aromatic N) is 1. The van der Waals surface area contributed by atoms with Crippen molar-refractivity contribution in [3.05, 3.63) is 50.7 Å². The van der Waals surface area contributed by atoms with Crippen molar-refractivity contribution in [2.24, 2.45) is 0 Å². The lowest BCUT2D eigenvalue weighted by atomic mass is 10.1. The second-order valence-corrected chi connectivity index (χ2v) is 7.36. The number of rotatable bonds is 5. The van der Waals surface area contributed by atoms with E-state index in [0.717, 1.165) is 21.8 Å². The second-order valence-electron chi connectivity index (χ2n) is 6.10. The summed E-state index contributed by atoms with van der Waals surface area (Å²) in [6.45, 7) is 3.50. The summed E-state index contributed by atoms with van der Waals surface area (Å²) < 4.78 is 5.05. The highest BCUT2D eigenvalue weighted by Crippen LogP contribution is 2.25. The van der Waals surface area contributed by atoms with Crippen molar-refractivity contribution >= 4 is 40.7 Å². The van der Waals surface area contributed by atoms with E-state index in [1.54, 1.807) is 6.07 Å². The standard InChI is InChI=1S/C19H18N2O5S/c1-4-11-7-15(27-10(11)2)19(25)26-9-16(22)20-12-5-6-13-14(8-12)18(24)21(3)17(13)23/h5-8H,4,9H2,1-3H3,(H,20,22). The topological polar surface area (TPSA) is 92.8 Å². The van der Waals surface area contributed by atoms with Crippen LogP contribution in [0.5, 0.6) is 0 Å². The predicted molar refractivity (Wildman–Crippen MR) is 100 cm³/mol. The van der Waals surface area contributed by atoms with Gasteiger partial charge in [0.05, 0.1) is 11.1 Å². The van der Waals surface area contributed by atoms with Crippen LogP contribution in [0.3, 0.4) is 0 Å². The van der Waals surface area contributed by atoms with Gasteiger partial charge in [-0.25, -0.2) is 4.79 Å². The number of ether oxygens (including phenoxy) is 1. The molecule has 0 atom stereocenters. The van der Waals surface area contributed by atoms with Crippen LogP contribution >= 0.6 is 11.3 Å². The van der Waals surface area contributed by atoms with Crippen LogP contribution in [0.1, 0.15) is 47.8 Å². The summed E-state index contributed by atoms with van der Waals surface area (Å²) in [4.78, 5) is 50.5. The number of carbonyl (C=O) groups is 4. The van der Waals surface area contributed by atoms with Crippen molar-refractivity contribution in [1.29, 1.82) is 0 Å². The molecule has 140 valence electrons. The van der Waals surface area contributed by atoms with Gasteiger partial charge in [-0.1, -0.05) is 6.92 Å². The summed E-state index contributed by atoms with van der Waals surface area (Å²) in [5.74, 6) is -1.87. The minimum absolute atomic E-state index is 0.235. The normalized spacial score (nSPS) is 12.9. The first kappa shape index (κ1) is 18.8. The number of amides is 3. The summed E-state index contributed by atoms with van der Waals surface area (Å²) in [6.07, 6.45) is 0.824. The third-order valence-electron chi connectivity index (χ3n) is 4.31. The first-order valence-electron chi connectivity index (χ1n) is 8.34. The monoisotopic (exact) mass is 386 g/mol. The molecule has 1 aromatic heterocycles. The molecule has 0 saturated carbocycles. The van der Waals surface area contributed by atoms with E-state index in [-0.39, 0.29) is 11.5 Å². The van der Waals surface area contributed by atoms with E-state index in [2.05, 4.69) is 5.32 Å². The molecule has 1 aliphatic rings. The molecule has 0 spiro atoms. The Bertz CT molecular complexity index is 963. The zero-order valence-corrected chi connectivity index (χ0v) is 15.9. The fourth-order valence-electron chi connectivity index (χ4n) is 2.81. The maximum Gasteiger partial charge on any atom is 0.348 e. The minimum atomic E-state index is -0.547. The molecule has 0 radical (unpaired) electrons. The molecule has 8 heteroatoms. The number of hydrogen-bond donors (Lipinski definition) is 1. The fraction of sp³-hybridized carbons (Fsp3) is 0.263. The van der Waals surface area contributed by atoms with Gasteiger partial charge in [-0.2, -0.15) is 0 Å². The number of esters is 1. The molecule has 1 aromatic carbocycles. The fourth-order valence-corrected chi connectivity index (χ4v) is 3.82. The lowest BCUT2D eigenvalue weighted by Crippen LogP contribution is -2.24. The first-order valence-corrected chi connectivity index (χ1v) is 9.16. The smallest absolute Gasteiger partial charge is 0.348 e. The number of anilines is 1. The van der Waals surface area contributed by atoms with Crippen molar-refractivity contribution in [2.75, 3.05) is 19.0 Å². The van der Waals surface area contributed by atoms with Gasteiger partial charge in [0.2, 0.25) is 0 Å². The lowest BCUT2D eigenvalue weighted by molar-refractivity contribution is -0.119. The van der Waals surface area contributed by atoms with Gasteiger partial charge in [-0.15, -0.1) is 11.3 Å². The second kappa shape index (κ2) is 7.32. The van der Waals surface area contributed by atoms with E-state index in [1.807, 2.05) is 13.8 Å². The van der Waals surface area contributed by atoms with E-state index < -0.39 is 24.4 Å². The van der Waals surface area contributed by atoms with E-state index >= 15 is 0 Å². The molecule has 0 bridgehead atoms. The van der Waals surface area contributed by atoms with Crippen LogP contribution in [-0.4, -0.2) is 42.2 Å². The summed E-state index contributed by atoms with van der Waals surface area (Å²) >= 11 is 1.34. The summed E-state index contributed by atoms with van der Waals surface area (Å²) in [5.41, 5.74) is 1.97. The van der Waals surface area contributed by atoms with Crippen molar-refractivity contribution in [2.45, 2.75) is 20.3 Å². The molecule has 1 aliphatic heterocycles. The Labute approximate surface area is 159 Å². The van der Waals surface area contributed by atoms with Crippen molar-refractivity contribution < 1.29 is 23.9 Å². The first-order chi connectivity index (χ1) is 12.8. The number of thiophene rings is 1. The van der Waals surface area contributed by atoms with Crippen molar-refractivity contribution in [3.8, 4) is 0 Å². The van der Waals surface area contributed by atoms with Gasteiger partial charge in [0.25, 0.3) is 17.7 Å². The van der Waals surface area contributed by atoms with Gasteiger partial charge in [-0.3, -0.25) is 19.3 Å². The summed E-state index contributed by atoms with van der Waals surface area (Å²) in [7, 11) is 1.40. The van der Waals surface area contributed by atoms with Crippen molar-refractivity contribution in [1.82, 2.24) is 4.90 Å². The molecule has 0 unspecified atom stereocenters. The average Bonchev–Trinajstić information content (AvgIpc) is 3.13. The quantitative estimate of drug-likeness (QED) is 0.630. The molecule has 1 N–H and O–H groups in total. The molecular formula is C19H18N2O5S. The largest absolute Gasteiger partial charge is 0.451 e. The molecule has 0 fully saturated rings. The molecule has 7 nitrogen and oxygen atoms in total. The van der Waals surface area contributed by atoms with Gasteiger partial charge >= 0.3 is 5.97 Å². The van der Waals surface area contributed by atoms with Crippen LogP contribution < -0.4 is 5.32 Å². The third-order valence-corrected chi connectivity index (χ3v) is 5.38. The third kappa shape index (κ3) is 3.61. The maximum absolute atomic E-state index is 12.1. The minimum Gasteiger partial charge on any atom is -0.451 e. The summed E-state index contributed by atoms with van der Waals surface area (Å²) in [5, 5.41) is 2.56. The van der Waals surface area contributed by atoms with Crippen LogP contribution in [-0.2, 0) is 16.0 Å². The van der Waals surface area contributed by atoms with Gasteiger partial charge in [0.1, 0.15) is 4.88 Å². The maximum atomic E-state index is 12.1. The predicted octanol–water partition coefficient (Wildman–Crippen LogP) is 2.64. The Balaban J connectivity index is 1.61. The number of nitrogens with one attached hydrogen (secondary N) is 1. The number of imide groups is 1. The molecule has 3 amide bonds. The average molecular weight is 386 g/mol. The highest BCUT2D eigenvalue weighted by Gasteiger charge is 2.32. The highest BCUT2D eigenvalue weighted by molar-refractivity contribution is 7.14. The van der Waals surface area contributed by atoms with E-state index in [1.165, 1.54) is 36.6 Å². The highest BCUT2D eigenvalue weighted by atomic mass is 32.1. The summed E-state index contributed by atoms with van der Waals surface area (Å²) in [6, 6.07) is 6.23. The molecular weight excluding hydrogens is 368 g/mol. The Hall–Kier alpha value is -3.00. The lowest BCUT2D eigenvalue weighted by Gasteiger charge is -2.07. The molecule has 27 heavy (non-hydrogen) atoms. The number of benzene rings is 1. The van der Waals surface area contributed by atoms with E-state index in [0.29, 0.717) is 16.1 Å². The van der Waals surface area contributed by atoms with Gasteiger partial charge < -0.3 is 10.1 Å². The van der Waals surface area contributed by atoms with Gasteiger partial charge in [-0.05, 0) is 43.2 Å². The van der Waals surface area contributed by atoms with Crippen LogP contribution in [0.15, 0.2) is 24.3 Å². The zero-order valence-electron chi connectivity index (χ0n) is 15.1. The zero-order chi connectivity index (χ0) is 19.7. The molecule has 2 aromatic rings. The Morgan fingerprint density at radius 3 is 2.52 bits per heavy atom. The van der Waals surface area contributed by atoms with Crippen LogP contribution in [0.2, 0.25) is 0 Å². The molecule has 0 saturated heterocycles. The number of aryl methyl sites for hydroxylation is 2. The Morgan fingerprint density at radius 1 is 1.15 bits per heavy atom. The number of carbonyl (C=O) groups excluding carboxylic acids is 4. The van der Waals surface area contributed by atoms with Crippen molar-refractivity contribution in [3.63, 3.8) is 0 Å². The molecule has 2 heterocycles. The van der Waals surface area contributed by atoms with Crippen LogP contribution in [0, 0.1) is 6.92 Å². The Morgan fingerprint density at radius 2 is 1.85 bits per heavy atom. The van der Waals surface area contributed by atoms with Crippen LogP contribution in [0.25, 0.3) is 0 Å². The van der Waals surface area contributed by atoms with E-state index in [4.69, 9.17) is 4.74 Å². The number of hydrogen-bond acceptors (Lipinski definition) is 6. The van der Waals surface area contributed by atoms with E-state index in [9.17, 15) is 19.2 Å². The Kier molecular flexibility index (Phi) is 5.09. The number of fused-ring (bicyclic) bond motifs is 1. The van der Waals surface area contributed by atoms with Gasteiger partial charge in [0, 0.05) is 17.6 Å². The SMILES string of the molecule is CCc1cc(C(=O)OCC(=O)Nc2ccc3c(c2)C(=O)N(C)C3=O)sc1C.